The largest absolute Gasteiger partial charge is 0.456 e. The molecule has 0 unspecified atom stereocenters. The zero-order valence-electron chi connectivity index (χ0n) is 11.8. The smallest absolute Gasteiger partial charge is 0.141 e. The zero-order valence-corrected chi connectivity index (χ0v) is 14.9. The molecule has 112 valence electrons. The minimum absolute atomic E-state index is 0.399. The molecular formula is C16H16BrCl2NO. The Morgan fingerprint density at radius 2 is 1.71 bits per heavy atom. The maximum atomic E-state index is 6.08. The summed E-state index contributed by atoms with van der Waals surface area (Å²) in [5, 5.41) is 4.67. The molecule has 2 aromatic rings. The average molecular weight is 389 g/mol. The van der Waals surface area contributed by atoms with Crippen molar-refractivity contribution in [3.05, 3.63) is 56.5 Å². The summed E-state index contributed by atoms with van der Waals surface area (Å²) in [7, 11) is 0. The van der Waals surface area contributed by atoms with E-state index in [-0.39, 0.29) is 0 Å². The molecule has 0 aromatic heterocycles. The lowest BCUT2D eigenvalue weighted by molar-refractivity contribution is 0.467. The van der Waals surface area contributed by atoms with Gasteiger partial charge in [-0.3, -0.25) is 0 Å². The molecule has 0 atom stereocenters. The van der Waals surface area contributed by atoms with Crippen molar-refractivity contribution in [1.29, 1.82) is 0 Å². The van der Waals surface area contributed by atoms with Crippen molar-refractivity contribution in [3.63, 3.8) is 0 Å². The predicted molar refractivity (Wildman–Crippen MR) is 92.7 cm³/mol. The number of halogens is 3. The Bertz CT molecular complexity index is 632. The van der Waals surface area contributed by atoms with Gasteiger partial charge in [0.2, 0.25) is 0 Å². The van der Waals surface area contributed by atoms with Gasteiger partial charge in [0.1, 0.15) is 11.5 Å². The molecular weight excluding hydrogens is 373 g/mol. The van der Waals surface area contributed by atoms with E-state index in [1.165, 1.54) is 0 Å². The van der Waals surface area contributed by atoms with Gasteiger partial charge >= 0.3 is 0 Å². The first-order chi connectivity index (χ1) is 9.95. The monoisotopic (exact) mass is 387 g/mol. The second kappa shape index (κ2) is 7.50. The molecule has 0 bridgehead atoms. The van der Waals surface area contributed by atoms with Gasteiger partial charge in [0, 0.05) is 28.2 Å². The quantitative estimate of drug-likeness (QED) is 0.673. The number of benzene rings is 2. The second-order valence-corrected chi connectivity index (χ2v) is 6.69. The normalized spacial score (nSPS) is 11.0. The first-order valence-electron chi connectivity index (χ1n) is 6.60. The van der Waals surface area contributed by atoms with Crippen molar-refractivity contribution in [1.82, 2.24) is 5.32 Å². The fourth-order valence-corrected chi connectivity index (χ4v) is 2.69. The van der Waals surface area contributed by atoms with Crippen LogP contribution in [0.3, 0.4) is 0 Å². The van der Waals surface area contributed by atoms with Gasteiger partial charge in [-0.25, -0.2) is 0 Å². The molecule has 0 amide bonds. The summed E-state index contributed by atoms with van der Waals surface area (Å²) < 4.78 is 6.78. The van der Waals surface area contributed by atoms with Crippen molar-refractivity contribution in [3.8, 4) is 11.5 Å². The highest BCUT2D eigenvalue weighted by Crippen LogP contribution is 2.34. The molecule has 0 saturated carbocycles. The van der Waals surface area contributed by atoms with Crippen LogP contribution in [0.5, 0.6) is 11.5 Å². The third kappa shape index (κ3) is 4.89. The van der Waals surface area contributed by atoms with Gasteiger partial charge in [0.25, 0.3) is 0 Å². The third-order valence-electron chi connectivity index (χ3n) is 2.84. The Hall–Kier alpha value is -0.740. The van der Waals surface area contributed by atoms with Crippen LogP contribution in [0.2, 0.25) is 10.0 Å². The molecule has 21 heavy (non-hydrogen) atoms. The minimum Gasteiger partial charge on any atom is -0.456 e. The summed E-state index contributed by atoms with van der Waals surface area (Å²) >= 11 is 15.5. The zero-order chi connectivity index (χ0) is 15.4. The number of hydrogen-bond donors (Lipinski definition) is 1. The molecule has 0 heterocycles. The van der Waals surface area contributed by atoms with Crippen LogP contribution in [-0.4, -0.2) is 6.04 Å². The minimum atomic E-state index is 0.399. The molecule has 5 heteroatoms. The fourth-order valence-electron chi connectivity index (χ4n) is 1.76. The molecule has 0 aliphatic rings. The molecule has 0 radical (unpaired) electrons. The molecule has 0 fully saturated rings. The summed E-state index contributed by atoms with van der Waals surface area (Å²) in [6.07, 6.45) is 0. The van der Waals surface area contributed by atoms with Gasteiger partial charge in [0.05, 0.1) is 4.47 Å². The van der Waals surface area contributed by atoms with Gasteiger partial charge in [-0.1, -0.05) is 43.1 Å². The van der Waals surface area contributed by atoms with Crippen molar-refractivity contribution in [2.45, 2.75) is 26.4 Å². The molecule has 0 spiro atoms. The topological polar surface area (TPSA) is 21.3 Å². The highest BCUT2D eigenvalue weighted by molar-refractivity contribution is 9.10. The van der Waals surface area contributed by atoms with E-state index in [1.54, 1.807) is 12.1 Å². The Kier molecular flexibility index (Phi) is 5.94. The van der Waals surface area contributed by atoms with E-state index in [4.69, 9.17) is 27.9 Å². The van der Waals surface area contributed by atoms with Crippen LogP contribution in [0.4, 0.5) is 0 Å². The lowest BCUT2D eigenvalue weighted by Gasteiger charge is -2.15. The summed E-state index contributed by atoms with van der Waals surface area (Å²) in [4.78, 5) is 0. The Morgan fingerprint density at radius 3 is 2.38 bits per heavy atom. The van der Waals surface area contributed by atoms with Gasteiger partial charge in [-0.15, -0.1) is 0 Å². The van der Waals surface area contributed by atoms with Crippen LogP contribution >= 0.6 is 39.1 Å². The number of hydrogen-bond acceptors (Lipinski definition) is 2. The van der Waals surface area contributed by atoms with E-state index in [0.717, 1.165) is 22.3 Å². The van der Waals surface area contributed by atoms with Crippen molar-refractivity contribution in [2.75, 3.05) is 0 Å². The lowest BCUT2D eigenvalue weighted by atomic mass is 10.2. The lowest BCUT2D eigenvalue weighted by Crippen LogP contribution is -2.22. The molecule has 2 aromatic carbocycles. The van der Waals surface area contributed by atoms with Crippen LogP contribution in [0.1, 0.15) is 19.4 Å². The number of rotatable bonds is 5. The van der Waals surface area contributed by atoms with E-state index >= 15 is 0 Å². The maximum absolute atomic E-state index is 6.08. The molecule has 1 N–H and O–H groups in total. The number of nitrogens with one attached hydrogen (secondary N) is 1. The summed E-state index contributed by atoms with van der Waals surface area (Å²) in [6, 6.07) is 11.5. The van der Waals surface area contributed by atoms with Crippen LogP contribution in [-0.2, 0) is 6.54 Å². The molecule has 0 aliphatic carbocycles. The first kappa shape index (κ1) is 16.6. The van der Waals surface area contributed by atoms with E-state index in [2.05, 4.69) is 35.1 Å². The Morgan fingerprint density at radius 1 is 1.05 bits per heavy atom. The van der Waals surface area contributed by atoms with Crippen LogP contribution in [0.25, 0.3) is 0 Å². The highest BCUT2D eigenvalue weighted by Gasteiger charge is 2.09. The van der Waals surface area contributed by atoms with Crippen molar-refractivity contribution < 1.29 is 4.74 Å². The molecule has 2 rings (SSSR count). The first-order valence-corrected chi connectivity index (χ1v) is 8.15. The highest BCUT2D eigenvalue weighted by atomic mass is 79.9. The van der Waals surface area contributed by atoms with Gasteiger partial charge in [-0.05, 0) is 46.3 Å². The van der Waals surface area contributed by atoms with E-state index in [9.17, 15) is 0 Å². The van der Waals surface area contributed by atoms with Crippen LogP contribution < -0.4 is 10.1 Å². The summed E-state index contributed by atoms with van der Waals surface area (Å²) in [5.74, 6) is 1.44. The predicted octanol–water partition coefficient (Wildman–Crippen LogP) is 6.05. The van der Waals surface area contributed by atoms with Crippen LogP contribution in [0.15, 0.2) is 40.9 Å². The van der Waals surface area contributed by atoms with Gasteiger partial charge in [0.15, 0.2) is 0 Å². The Balaban J connectivity index is 2.27. The van der Waals surface area contributed by atoms with E-state index in [1.807, 2.05) is 24.3 Å². The average Bonchev–Trinajstić information content (AvgIpc) is 2.41. The summed E-state index contributed by atoms with van der Waals surface area (Å²) in [6.45, 7) is 4.92. The van der Waals surface area contributed by atoms with Crippen molar-refractivity contribution >= 4 is 39.1 Å². The third-order valence-corrected chi connectivity index (χ3v) is 3.93. The van der Waals surface area contributed by atoms with Gasteiger partial charge < -0.3 is 10.1 Å². The SMILES string of the molecule is CC(C)NCc1ccc(Cl)cc1Oc1ccc(Cl)cc1Br. The number of ether oxygens (including phenoxy) is 1. The molecule has 2 nitrogen and oxygen atoms in total. The fraction of sp³-hybridized carbons (Fsp3) is 0.250. The van der Waals surface area contributed by atoms with Gasteiger partial charge in [-0.2, -0.15) is 0 Å². The molecule has 0 aliphatic heterocycles. The second-order valence-electron chi connectivity index (χ2n) is 4.96. The van der Waals surface area contributed by atoms with Crippen molar-refractivity contribution in [2.24, 2.45) is 0 Å². The molecule has 0 saturated heterocycles. The maximum Gasteiger partial charge on any atom is 0.141 e. The van der Waals surface area contributed by atoms with E-state index < -0.39 is 0 Å². The standard InChI is InChI=1S/C16H16BrCl2NO/c1-10(2)20-9-11-3-4-13(19)8-16(11)21-15-6-5-12(18)7-14(15)17/h3-8,10,20H,9H2,1-2H3. The Labute approximate surface area is 143 Å². The van der Waals surface area contributed by atoms with E-state index in [0.29, 0.717) is 21.8 Å². The summed E-state index contributed by atoms with van der Waals surface area (Å²) in [5.41, 5.74) is 1.05. The van der Waals surface area contributed by atoms with Crippen LogP contribution in [0, 0.1) is 0 Å².